The van der Waals surface area contributed by atoms with Crippen LogP contribution in [-0.4, -0.2) is 47.5 Å². The largest absolute Gasteiger partial charge is 0.476 e. The number of nitrogens with one attached hydrogen (secondary N) is 1. The summed E-state index contributed by atoms with van der Waals surface area (Å²) >= 11 is 1.29. The number of likely N-dealkylation sites (N-methyl/N-ethyl adjacent to an activating group) is 1. The van der Waals surface area contributed by atoms with Crippen LogP contribution < -0.4 is 5.32 Å². The fourth-order valence-corrected chi connectivity index (χ4v) is 3.23. The molecule has 0 saturated carbocycles. The van der Waals surface area contributed by atoms with E-state index in [4.69, 9.17) is 5.11 Å². The van der Waals surface area contributed by atoms with Crippen molar-refractivity contribution in [2.24, 2.45) is 0 Å². The second-order valence-corrected chi connectivity index (χ2v) is 6.64. The first-order valence-corrected chi connectivity index (χ1v) is 8.45. The van der Waals surface area contributed by atoms with Crippen LogP contribution in [0.4, 0.5) is 0 Å². The fraction of sp³-hybridized carbons (Fsp3) is 0.353. The highest BCUT2D eigenvalue weighted by Gasteiger charge is 2.23. The summed E-state index contributed by atoms with van der Waals surface area (Å²) in [6.07, 6.45) is 0.512. The van der Waals surface area contributed by atoms with Crippen LogP contribution >= 0.6 is 11.3 Å². The average molecular weight is 347 g/mol. The SMILES string of the molecule is Cc1ccccc1[C@@H](C(=O)NCCc1nc(C(=O)O)cs1)N(C)C. The molecule has 2 N–H and O–H groups in total. The average Bonchev–Trinajstić information content (AvgIpc) is 2.98. The number of nitrogens with zero attached hydrogens (tertiary/aromatic N) is 2. The molecule has 128 valence electrons. The maximum atomic E-state index is 12.6. The molecule has 0 aliphatic rings. The van der Waals surface area contributed by atoms with Crippen LogP contribution in [0.3, 0.4) is 0 Å². The Balaban J connectivity index is 1.98. The lowest BCUT2D eigenvalue weighted by molar-refractivity contribution is -0.125. The molecule has 0 saturated heterocycles. The summed E-state index contributed by atoms with van der Waals surface area (Å²) in [5.74, 6) is -1.11. The van der Waals surface area contributed by atoms with E-state index in [-0.39, 0.29) is 17.6 Å². The van der Waals surface area contributed by atoms with Gasteiger partial charge in [-0.25, -0.2) is 9.78 Å². The monoisotopic (exact) mass is 347 g/mol. The lowest BCUT2D eigenvalue weighted by atomic mass is 10.00. The van der Waals surface area contributed by atoms with E-state index in [0.29, 0.717) is 18.0 Å². The molecule has 24 heavy (non-hydrogen) atoms. The minimum Gasteiger partial charge on any atom is -0.476 e. The predicted octanol–water partition coefficient (Wildman–Crippen LogP) is 2.11. The van der Waals surface area contributed by atoms with Gasteiger partial charge in [0.25, 0.3) is 0 Å². The maximum absolute atomic E-state index is 12.6. The van der Waals surface area contributed by atoms with Crippen molar-refractivity contribution in [2.45, 2.75) is 19.4 Å². The number of rotatable bonds is 7. The van der Waals surface area contributed by atoms with Crippen molar-refractivity contribution in [2.75, 3.05) is 20.6 Å². The Morgan fingerprint density at radius 1 is 1.33 bits per heavy atom. The molecule has 1 atom stereocenters. The van der Waals surface area contributed by atoms with Gasteiger partial charge in [-0.15, -0.1) is 11.3 Å². The first-order chi connectivity index (χ1) is 11.4. The van der Waals surface area contributed by atoms with Gasteiger partial charge in [-0.1, -0.05) is 24.3 Å². The van der Waals surface area contributed by atoms with E-state index in [1.54, 1.807) is 0 Å². The second-order valence-electron chi connectivity index (χ2n) is 5.70. The predicted molar refractivity (Wildman–Crippen MR) is 93.4 cm³/mol. The first kappa shape index (κ1) is 18.1. The summed E-state index contributed by atoms with van der Waals surface area (Å²) in [6.45, 7) is 2.41. The molecular formula is C17H21N3O3S. The molecule has 0 spiro atoms. The van der Waals surface area contributed by atoms with Crippen LogP contribution in [0, 0.1) is 6.92 Å². The van der Waals surface area contributed by atoms with Crippen LogP contribution in [0.1, 0.15) is 32.7 Å². The fourth-order valence-electron chi connectivity index (χ4n) is 2.46. The van der Waals surface area contributed by atoms with Gasteiger partial charge in [-0.2, -0.15) is 0 Å². The van der Waals surface area contributed by atoms with Crippen LogP contribution in [0.15, 0.2) is 29.6 Å². The topological polar surface area (TPSA) is 82.5 Å². The van der Waals surface area contributed by atoms with Gasteiger partial charge in [0.15, 0.2) is 5.69 Å². The smallest absolute Gasteiger partial charge is 0.355 e. The molecule has 2 rings (SSSR count). The summed E-state index contributed by atoms with van der Waals surface area (Å²) in [5, 5.41) is 14.0. The molecule has 2 aromatic rings. The first-order valence-electron chi connectivity index (χ1n) is 7.57. The lowest BCUT2D eigenvalue weighted by Gasteiger charge is -2.25. The van der Waals surface area contributed by atoms with Gasteiger partial charge >= 0.3 is 5.97 Å². The lowest BCUT2D eigenvalue weighted by Crippen LogP contribution is -2.38. The number of aromatic nitrogens is 1. The van der Waals surface area contributed by atoms with Crippen molar-refractivity contribution < 1.29 is 14.7 Å². The van der Waals surface area contributed by atoms with Gasteiger partial charge in [0.1, 0.15) is 6.04 Å². The van der Waals surface area contributed by atoms with E-state index in [9.17, 15) is 9.59 Å². The zero-order chi connectivity index (χ0) is 17.7. The van der Waals surface area contributed by atoms with Crippen LogP contribution in [-0.2, 0) is 11.2 Å². The molecule has 0 radical (unpaired) electrons. The maximum Gasteiger partial charge on any atom is 0.355 e. The Morgan fingerprint density at radius 2 is 2.04 bits per heavy atom. The van der Waals surface area contributed by atoms with Crippen molar-refractivity contribution >= 4 is 23.2 Å². The minimum absolute atomic E-state index is 0.0485. The number of thiazole rings is 1. The molecule has 6 nitrogen and oxygen atoms in total. The van der Waals surface area contributed by atoms with Gasteiger partial charge in [0.05, 0.1) is 5.01 Å². The number of carbonyl (C=O) groups is 2. The number of hydrogen-bond donors (Lipinski definition) is 2. The number of amides is 1. The van der Waals surface area contributed by atoms with Gasteiger partial charge in [-0.3, -0.25) is 9.69 Å². The number of carboxylic acid groups (broad SMARTS) is 1. The number of carbonyl (C=O) groups excluding carboxylic acids is 1. The Morgan fingerprint density at radius 3 is 2.62 bits per heavy atom. The Bertz CT molecular complexity index is 727. The van der Waals surface area contributed by atoms with E-state index in [1.165, 1.54) is 16.7 Å². The second kappa shape index (κ2) is 8.03. The van der Waals surface area contributed by atoms with E-state index in [0.717, 1.165) is 11.1 Å². The summed E-state index contributed by atoms with van der Waals surface area (Å²) in [4.78, 5) is 29.3. The molecule has 0 unspecified atom stereocenters. The third-order valence-corrected chi connectivity index (χ3v) is 4.57. The van der Waals surface area contributed by atoms with Gasteiger partial charge in [0.2, 0.25) is 5.91 Å². The molecule has 7 heteroatoms. The zero-order valence-corrected chi connectivity index (χ0v) is 14.8. The van der Waals surface area contributed by atoms with E-state index in [2.05, 4.69) is 10.3 Å². The summed E-state index contributed by atoms with van der Waals surface area (Å²) in [6, 6.07) is 7.46. The summed E-state index contributed by atoms with van der Waals surface area (Å²) in [5.41, 5.74) is 2.09. The molecule has 1 aromatic carbocycles. The van der Waals surface area contributed by atoms with E-state index in [1.807, 2.05) is 50.2 Å². The normalized spacial score (nSPS) is 12.2. The number of carboxylic acids is 1. The van der Waals surface area contributed by atoms with Crippen molar-refractivity contribution in [3.8, 4) is 0 Å². The molecular weight excluding hydrogens is 326 g/mol. The molecule has 1 amide bonds. The van der Waals surface area contributed by atoms with Gasteiger partial charge in [-0.05, 0) is 32.1 Å². The highest BCUT2D eigenvalue weighted by atomic mass is 32.1. The van der Waals surface area contributed by atoms with Gasteiger partial charge < -0.3 is 10.4 Å². The third kappa shape index (κ3) is 4.39. The van der Waals surface area contributed by atoms with E-state index < -0.39 is 5.97 Å². The zero-order valence-electron chi connectivity index (χ0n) is 13.9. The minimum atomic E-state index is -1.03. The van der Waals surface area contributed by atoms with Crippen molar-refractivity contribution in [3.05, 3.63) is 51.5 Å². The molecule has 1 heterocycles. The van der Waals surface area contributed by atoms with E-state index >= 15 is 0 Å². The number of aromatic carboxylic acids is 1. The van der Waals surface area contributed by atoms with Crippen molar-refractivity contribution in [1.29, 1.82) is 0 Å². The summed E-state index contributed by atoms with van der Waals surface area (Å²) < 4.78 is 0. The Hall–Kier alpha value is -2.25. The van der Waals surface area contributed by atoms with Crippen molar-refractivity contribution in [1.82, 2.24) is 15.2 Å². The number of benzene rings is 1. The highest BCUT2D eigenvalue weighted by Crippen LogP contribution is 2.22. The number of aryl methyl sites for hydroxylation is 1. The van der Waals surface area contributed by atoms with Crippen molar-refractivity contribution in [3.63, 3.8) is 0 Å². The Labute approximate surface area is 145 Å². The quantitative estimate of drug-likeness (QED) is 0.802. The van der Waals surface area contributed by atoms with Crippen LogP contribution in [0.2, 0.25) is 0 Å². The molecule has 0 aliphatic carbocycles. The Kier molecular flexibility index (Phi) is 6.05. The molecule has 0 bridgehead atoms. The van der Waals surface area contributed by atoms with Crippen LogP contribution in [0.25, 0.3) is 0 Å². The van der Waals surface area contributed by atoms with Crippen LogP contribution in [0.5, 0.6) is 0 Å². The highest BCUT2D eigenvalue weighted by molar-refractivity contribution is 7.09. The number of hydrogen-bond acceptors (Lipinski definition) is 5. The summed E-state index contributed by atoms with van der Waals surface area (Å²) in [7, 11) is 3.74. The molecule has 0 fully saturated rings. The molecule has 1 aromatic heterocycles. The third-order valence-electron chi connectivity index (χ3n) is 3.66. The van der Waals surface area contributed by atoms with Gasteiger partial charge in [0, 0.05) is 18.3 Å². The molecule has 0 aliphatic heterocycles. The standard InChI is InChI=1S/C17H21N3O3S/c1-11-6-4-5-7-12(11)15(20(2)3)16(21)18-9-8-14-19-13(10-24-14)17(22)23/h4-7,10,15H,8-9H2,1-3H3,(H,18,21)(H,22,23)/t15-/m0/s1.